The second kappa shape index (κ2) is 6.92. The van der Waals surface area contributed by atoms with Crippen molar-refractivity contribution in [3.63, 3.8) is 0 Å². The molecule has 0 aromatic heterocycles. The minimum atomic E-state index is -0.574. The van der Waals surface area contributed by atoms with Crippen molar-refractivity contribution >= 4 is 27.6 Å². The Morgan fingerprint density at radius 3 is 2.71 bits per heavy atom. The zero-order valence-electron chi connectivity index (χ0n) is 9.44. The van der Waals surface area contributed by atoms with Crippen LogP contribution in [0, 0.1) is 11.3 Å². The normalized spacial score (nSPS) is 11.4. The number of carbonyl (C=O) groups excluding carboxylic acids is 1. The molecule has 1 aromatic carbocycles. The van der Waals surface area contributed by atoms with Gasteiger partial charge in [0.2, 0.25) is 0 Å². The predicted octanol–water partition coefficient (Wildman–Crippen LogP) is 2.71. The lowest BCUT2D eigenvalue weighted by Crippen LogP contribution is -2.22. The Hall–Kier alpha value is -1.54. The highest BCUT2D eigenvalue weighted by atomic mass is 79.9. The van der Waals surface area contributed by atoms with Crippen LogP contribution >= 0.6 is 15.9 Å². The van der Waals surface area contributed by atoms with Crippen LogP contribution in [-0.4, -0.2) is 18.6 Å². The van der Waals surface area contributed by atoms with Crippen molar-refractivity contribution in [3.8, 4) is 6.07 Å². The van der Waals surface area contributed by atoms with Gasteiger partial charge in [-0.25, -0.2) is 0 Å². The van der Waals surface area contributed by atoms with Gasteiger partial charge in [-0.15, -0.1) is 0 Å². The first-order chi connectivity index (χ1) is 8.15. The molecule has 1 rings (SSSR count). The first kappa shape index (κ1) is 13.5. The number of anilines is 1. The number of nitrogens with zero attached hydrogens (tertiary/aromatic N) is 1. The summed E-state index contributed by atoms with van der Waals surface area (Å²) in [6.07, 6.45) is 0.0421. The number of carbonyl (C=O) groups is 1. The molecule has 17 heavy (non-hydrogen) atoms. The molecule has 0 radical (unpaired) electrons. The zero-order chi connectivity index (χ0) is 12.7. The molecule has 0 aliphatic heterocycles. The molecule has 0 spiro atoms. The van der Waals surface area contributed by atoms with Crippen LogP contribution in [0.1, 0.15) is 13.3 Å². The van der Waals surface area contributed by atoms with E-state index in [1.165, 1.54) is 0 Å². The van der Waals surface area contributed by atoms with Gasteiger partial charge in [0.15, 0.2) is 0 Å². The predicted molar refractivity (Wildman–Crippen MR) is 68.4 cm³/mol. The molecule has 0 saturated heterocycles. The molecular formula is C12H13BrN2O2. The van der Waals surface area contributed by atoms with Crippen molar-refractivity contribution in [1.29, 1.82) is 5.26 Å². The van der Waals surface area contributed by atoms with Gasteiger partial charge in [-0.3, -0.25) is 4.79 Å². The van der Waals surface area contributed by atoms with Crippen LogP contribution in [0.5, 0.6) is 0 Å². The number of ether oxygens (including phenoxy) is 1. The Morgan fingerprint density at radius 1 is 1.53 bits per heavy atom. The van der Waals surface area contributed by atoms with Gasteiger partial charge in [0.05, 0.1) is 19.1 Å². The molecule has 1 unspecified atom stereocenters. The first-order valence-electron chi connectivity index (χ1n) is 5.23. The third-order valence-electron chi connectivity index (χ3n) is 2.02. The molecule has 90 valence electrons. The summed E-state index contributed by atoms with van der Waals surface area (Å²) >= 11 is 3.32. The summed E-state index contributed by atoms with van der Waals surface area (Å²) in [4.78, 5) is 11.2. The van der Waals surface area contributed by atoms with Crippen LogP contribution in [0.2, 0.25) is 0 Å². The van der Waals surface area contributed by atoms with Crippen LogP contribution < -0.4 is 5.32 Å². The van der Waals surface area contributed by atoms with Gasteiger partial charge in [-0.1, -0.05) is 15.9 Å². The monoisotopic (exact) mass is 296 g/mol. The minimum Gasteiger partial charge on any atom is -0.466 e. The number of esters is 1. The summed E-state index contributed by atoms with van der Waals surface area (Å²) in [7, 11) is 0. The molecule has 0 amide bonds. The number of nitrogens with one attached hydrogen (secondary N) is 1. The van der Waals surface area contributed by atoms with Crippen LogP contribution in [0.4, 0.5) is 5.69 Å². The smallest absolute Gasteiger partial charge is 0.308 e. The second-order valence-electron chi connectivity index (χ2n) is 3.34. The lowest BCUT2D eigenvalue weighted by atomic mass is 10.2. The largest absolute Gasteiger partial charge is 0.466 e. The number of nitriles is 1. The molecule has 0 heterocycles. The zero-order valence-corrected chi connectivity index (χ0v) is 11.0. The van der Waals surface area contributed by atoms with Crippen molar-refractivity contribution in [2.75, 3.05) is 11.9 Å². The Labute approximate surface area is 109 Å². The van der Waals surface area contributed by atoms with E-state index in [-0.39, 0.29) is 12.4 Å². The van der Waals surface area contributed by atoms with Crippen molar-refractivity contribution in [2.24, 2.45) is 0 Å². The Morgan fingerprint density at radius 2 is 2.18 bits per heavy atom. The topological polar surface area (TPSA) is 62.1 Å². The molecule has 0 aliphatic carbocycles. The van der Waals surface area contributed by atoms with Gasteiger partial charge in [0, 0.05) is 10.2 Å². The minimum absolute atomic E-state index is 0.0421. The lowest BCUT2D eigenvalue weighted by Gasteiger charge is -2.12. The van der Waals surface area contributed by atoms with E-state index in [9.17, 15) is 4.79 Å². The Kier molecular flexibility index (Phi) is 5.50. The average Bonchev–Trinajstić information content (AvgIpc) is 2.31. The molecule has 0 fully saturated rings. The Balaban J connectivity index is 2.55. The van der Waals surface area contributed by atoms with Crippen LogP contribution in [0.15, 0.2) is 28.7 Å². The van der Waals surface area contributed by atoms with E-state index in [0.717, 1.165) is 10.2 Å². The molecule has 1 N–H and O–H groups in total. The third kappa shape index (κ3) is 4.87. The highest BCUT2D eigenvalue weighted by Gasteiger charge is 2.13. The fourth-order valence-corrected chi connectivity index (χ4v) is 1.53. The summed E-state index contributed by atoms with van der Waals surface area (Å²) in [6, 6.07) is 8.85. The van der Waals surface area contributed by atoms with Crippen LogP contribution in [-0.2, 0) is 9.53 Å². The maximum absolute atomic E-state index is 11.2. The van der Waals surface area contributed by atoms with Gasteiger partial charge in [-0.2, -0.15) is 5.26 Å². The molecule has 0 bridgehead atoms. The van der Waals surface area contributed by atoms with E-state index in [0.29, 0.717) is 6.61 Å². The number of benzene rings is 1. The highest BCUT2D eigenvalue weighted by molar-refractivity contribution is 9.10. The third-order valence-corrected chi connectivity index (χ3v) is 2.55. The van der Waals surface area contributed by atoms with Crippen molar-refractivity contribution in [1.82, 2.24) is 0 Å². The van der Waals surface area contributed by atoms with Gasteiger partial charge < -0.3 is 10.1 Å². The molecule has 1 aromatic rings. The van der Waals surface area contributed by atoms with E-state index in [1.807, 2.05) is 30.3 Å². The van der Waals surface area contributed by atoms with E-state index in [1.54, 1.807) is 6.92 Å². The van der Waals surface area contributed by atoms with Crippen LogP contribution in [0.3, 0.4) is 0 Å². The summed E-state index contributed by atoms with van der Waals surface area (Å²) < 4.78 is 5.75. The van der Waals surface area contributed by atoms with E-state index in [4.69, 9.17) is 10.00 Å². The van der Waals surface area contributed by atoms with Gasteiger partial charge in [0.1, 0.15) is 6.04 Å². The number of hydrogen-bond acceptors (Lipinski definition) is 4. The van der Waals surface area contributed by atoms with Gasteiger partial charge >= 0.3 is 5.97 Å². The van der Waals surface area contributed by atoms with E-state index < -0.39 is 6.04 Å². The molecule has 4 nitrogen and oxygen atoms in total. The van der Waals surface area contributed by atoms with E-state index in [2.05, 4.69) is 21.2 Å². The van der Waals surface area contributed by atoms with Crippen LogP contribution in [0.25, 0.3) is 0 Å². The standard InChI is InChI=1S/C12H13BrN2O2/c1-2-17-12(16)7-11(8-14)15-10-5-3-9(13)4-6-10/h3-6,11,15H,2,7H2,1H3. The molecule has 0 saturated carbocycles. The molecule has 0 aliphatic rings. The fourth-order valence-electron chi connectivity index (χ4n) is 1.26. The van der Waals surface area contributed by atoms with E-state index >= 15 is 0 Å². The van der Waals surface area contributed by atoms with Crippen molar-refractivity contribution in [3.05, 3.63) is 28.7 Å². The number of hydrogen-bond donors (Lipinski definition) is 1. The van der Waals surface area contributed by atoms with Gasteiger partial charge in [-0.05, 0) is 31.2 Å². The molecular weight excluding hydrogens is 284 g/mol. The SMILES string of the molecule is CCOC(=O)CC(C#N)Nc1ccc(Br)cc1. The first-order valence-corrected chi connectivity index (χ1v) is 6.02. The van der Waals surface area contributed by atoms with Crippen molar-refractivity contribution in [2.45, 2.75) is 19.4 Å². The quantitative estimate of drug-likeness (QED) is 0.849. The van der Waals surface area contributed by atoms with Crippen molar-refractivity contribution < 1.29 is 9.53 Å². The van der Waals surface area contributed by atoms with Gasteiger partial charge in [0.25, 0.3) is 0 Å². The maximum Gasteiger partial charge on any atom is 0.308 e. The summed E-state index contributed by atoms with van der Waals surface area (Å²) in [5, 5.41) is 11.9. The average molecular weight is 297 g/mol. The second-order valence-corrected chi connectivity index (χ2v) is 4.26. The fraction of sp³-hybridized carbons (Fsp3) is 0.333. The summed E-state index contributed by atoms with van der Waals surface area (Å²) in [6.45, 7) is 2.07. The summed E-state index contributed by atoms with van der Waals surface area (Å²) in [5.74, 6) is -0.372. The molecule has 1 atom stereocenters. The number of halogens is 1. The highest BCUT2D eigenvalue weighted by Crippen LogP contribution is 2.15. The lowest BCUT2D eigenvalue weighted by molar-refractivity contribution is -0.143. The number of rotatable bonds is 5. The maximum atomic E-state index is 11.2. The summed E-state index contributed by atoms with van der Waals surface area (Å²) in [5.41, 5.74) is 0.795. The Bertz CT molecular complexity index is 412. The molecule has 5 heteroatoms.